The van der Waals surface area contributed by atoms with Crippen LogP contribution in [0.4, 0.5) is 22.7 Å². The zero-order chi connectivity index (χ0) is 19.3. The summed E-state index contributed by atoms with van der Waals surface area (Å²) in [5.74, 6) is -0.140. The molecule has 5 nitrogen and oxygen atoms in total. The smallest absolute Gasteiger partial charge is 0.221 e. The van der Waals surface area contributed by atoms with Gasteiger partial charge in [-0.2, -0.15) is 0 Å². The molecule has 0 heterocycles. The van der Waals surface area contributed by atoms with Crippen LogP contribution in [0.15, 0.2) is 49.5 Å². The summed E-state index contributed by atoms with van der Waals surface area (Å²) >= 11 is 6.98. The van der Waals surface area contributed by atoms with Gasteiger partial charge in [0, 0.05) is 34.6 Å². The third kappa shape index (κ3) is 5.14. The Morgan fingerprint density at radius 1 is 1.12 bits per heavy atom. The van der Waals surface area contributed by atoms with E-state index in [0.717, 1.165) is 39.0 Å². The molecule has 2 aromatic rings. The van der Waals surface area contributed by atoms with Crippen molar-refractivity contribution in [2.75, 3.05) is 23.3 Å². The van der Waals surface area contributed by atoms with Gasteiger partial charge in [0.05, 0.1) is 5.69 Å². The number of benzene rings is 2. The van der Waals surface area contributed by atoms with Crippen molar-refractivity contribution in [1.29, 1.82) is 0 Å². The van der Waals surface area contributed by atoms with Crippen LogP contribution < -0.4 is 10.2 Å². The number of rotatable bonds is 6. The fourth-order valence-electron chi connectivity index (χ4n) is 2.61. The Hall–Kier alpha value is -1.73. The highest BCUT2D eigenvalue weighted by Gasteiger charge is 2.10. The van der Waals surface area contributed by atoms with E-state index < -0.39 is 0 Å². The van der Waals surface area contributed by atoms with Crippen LogP contribution in [0.3, 0.4) is 0 Å². The number of carbonyl (C=O) groups excluding carboxylic acids is 1. The molecule has 26 heavy (non-hydrogen) atoms. The van der Waals surface area contributed by atoms with Gasteiger partial charge in [-0.25, -0.2) is 0 Å². The van der Waals surface area contributed by atoms with Crippen molar-refractivity contribution in [3.63, 3.8) is 0 Å². The number of amides is 1. The van der Waals surface area contributed by atoms with Crippen LogP contribution in [0.2, 0.25) is 0 Å². The van der Waals surface area contributed by atoms with Gasteiger partial charge in [-0.3, -0.25) is 4.79 Å². The average Bonchev–Trinajstić information content (AvgIpc) is 2.56. The van der Waals surface area contributed by atoms with Gasteiger partial charge in [-0.1, -0.05) is 15.9 Å². The van der Waals surface area contributed by atoms with Crippen molar-refractivity contribution in [2.45, 2.75) is 27.7 Å². The molecule has 0 aliphatic carbocycles. The van der Waals surface area contributed by atoms with Crippen LogP contribution in [0.25, 0.3) is 0 Å². The highest BCUT2D eigenvalue weighted by molar-refractivity contribution is 9.11. The highest BCUT2D eigenvalue weighted by atomic mass is 79.9. The summed E-state index contributed by atoms with van der Waals surface area (Å²) in [4.78, 5) is 13.8. The van der Waals surface area contributed by atoms with E-state index in [1.54, 1.807) is 0 Å². The summed E-state index contributed by atoms with van der Waals surface area (Å²) in [6, 6.07) is 9.73. The van der Waals surface area contributed by atoms with Gasteiger partial charge in [-0.15, -0.1) is 10.2 Å². The molecule has 1 amide bonds. The van der Waals surface area contributed by atoms with E-state index >= 15 is 0 Å². The fourth-order valence-corrected chi connectivity index (χ4v) is 4.13. The Balaban J connectivity index is 2.43. The molecule has 0 saturated carbocycles. The summed E-state index contributed by atoms with van der Waals surface area (Å²) in [5, 5.41) is 11.6. The molecule has 0 aliphatic heterocycles. The second-order valence-corrected chi connectivity index (χ2v) is 7.58. The normalized spacial score (nSPS) is 11.0. The molecule has 0 unspecified atom stereocenters. The quantitative estimate of drug-likeness (QED) is 0.464. The third-order valence-corrected chi connectivity index (χ3v) is 4.96. The summed E-state index contributed by atoms with van der Waals surface area (Å²) < 4.78 is 1.83. The number of carbonyl (C=O) groups is 1. The van der Waals surface area contributed by atoms with E-state index in [1.807, 2.05) is 37.3 Å². The molecule has 0 atom stereocenters. The maximum absolute atomic E-state index is 11.6. The minimum atomic E-state index is -0.140. The van der Waals surface area contributed by atoms with Crippen LogP contribution in [0, 0.1) is 6.92 Å². The minimum absolute atomic E-state index is 0.140. The van der Waals surface area contributed by atoms with Gasteiger partial charge >= 0.3 is 0 Å². The van der Waals surface area contributed by atoms with E-state index in [4.69, 9.17) is 0 Å². The maximum Gasteiger partial charge on any atom is 0.221 e. The van der Waals surface area contributed by atoms with Gasteiger partial charge in [-0.05, 0) is 72.6 Å². The van der Waals surface area contributed by atoms with Crippen molar-refractivity contribution >= 4 is 60.5 Å². The zero-order valence-electron chi connectivity index (χ0n) is 15.3. The van der Waals surface area contributed by atoms with Gasteiger partial charge < -0.3 is 10.2 Å². The topological polar surface area (TPSA) is 57.1 Å². The third-order valence-electron chi connectivity index (χ3n) is 3.90. The number of anilines is 2. The number of azo groups is 1. The van der Waals surface area contributed by atoms with E-state index in [0.29, 0.717) is 11.4 Å². The number of hydrogen-bond acceptors (Lipinski definition) is 4. The lowest BCUT2D eigenvalue weighted by atomic mass is 10.2. The summed E-state index contributed by atoms with van der Waals surface area (Å²) in [6.07, 6.45) is 0. The first kappa shape index (κ1) is 20.6. The SMILES string of the molecule is CCN(CC)c1ccc(N=Nc2c(C)cc(Br)cc2Br)c(NC(C)=O)c1. The van der Waals surface area contributed by atoms with Crippen LogP contribution in [0.1, 0.15) is 26.3 Å². The van der Waals surface area contributed by atoms with E-state index in [-0.39, 0.29) is 5.91 Å². The minimum Gasteiger partial charge on any atom is -0.372 e. The number of nitrogens with zero attached hydrogens (tertiary/aromatic N) is 3. The first-order valence-corrected chi connectivity index (χ1v) is 9.98. The second kappa shape index (κ2) is 9.28. The fraction of sp³-hybridized carbons (Fsp3) is 0.316. The monoisotopic (exact) mass is 480 g/mol. The molecule has 2 aromatic carbocycles. The molecule has 0 bridgehead atoms. The molecule has 1 N–H and O–H groups in total. The van der Waals surface area contributed by atoms with E-state index in [1.165, 1.54) is 6.92 Å². The van der Waals surface area contributed by atoms with E-state index in [2.05, 4.69) is 66.2 Å². The lowest BCUT2D eigenvalue weighted by Crippen LogP contribution is -2.21. The van der Waals surface area contributed by atoms with Crippen molar-refractivity contribution in [1.82, 2.24) is 0 Å². The Morgan fingerprint density at radius 3 is 2.38 bits per heavy atom. The molecule has 0 radical (unpaired) electrons. The first-order valence-electron chi connectivity index (χ1n) is 8.39. The maximum atomic E-state index is 11.6. The second-order valence-electron chi connectivity index (χ2n) is 5.81. The van der Waals surface area contributed by atoms with Gasteiger partial charge in [0.15, 0.2) is 0 Å². The molecule has 7 heteroatoms. The number of halogens is 2. The standard InChI is InChI=1S/C19H22Br2N4O/c1-5-25(6-2)15-7-8-17(18(11-15)22-13(4)26)23-24-19-12(3)9-14(20)10-16(19)21/h7-11H,5-6H2,1-4H3,(H,22,26). The molecule has 138 valence electrons. The Bertz CT molecular complexity index is 809. The number of nitrogens with one attached hydrogen (secondary N) is 1. The highest BCUT2D eigenvalue weighted by Crippen LogP contribution is 2.36. The number of hydrogen-bond donors (Lipinski definition) is 1. The lowest BCUT2D eigenvalue weighted by molar-refractivity contribution is -0.114. The molecule has 0 aliphatic rings. The summed E-state index contributed by atoms with van der Waals surface area (Å²) in [6.45, 7) is 9.44. The van der Waals surface area contributed by atoms with E-state index in [9.17, 15) is 4.79 Å². The summed E-state index contributed by atoms with van der Waals surface area (Å²) in [5.41, 5.74) is 4.06. The Labute approximate surface area is 171 Å². The van der Waals surface area contributed by atoms with Crippen LogP contribution in [0.5, 0.6) is 0 Å². The zero-order valence-corrected chi connectivity index (χ0v) is 18.5. The Morgan fingerprint density at radius 2 is 1.81 bits per heavy atom. The molecule has 0 aromatic heterocycles. The first-order chi connectivity index (χ1) is 12.3. The predicted octanol–water partition coefficient (Wildman–Crippen LogP) is 6.74. The van der Waals surface area contributed by atoms with Gasteiger partial charge in [0.2, 0.25) is 5.91 Å². The molecule has 0 spiro atoms. The van der Waals surface area contributed by atoms with Crippen LogP contribution in [-0.4, -0.2) is 19.0 Å². The van der Waals surface area contributed by atoms with Gasteiger partial charge in [0.1, 0.15) is 11.4 Å². The molecule has 0 saturated heterocycles. The molecular weight excluding hydrogens is 460 g/mol. The number of aryl methyl sites for hydroxylation is 1. The van der Waals surface area contributed by atoms with Crippen molar-refractivity contribution in [3.8, 4) is 0 Å². The lowest BCUT2D eigenvalue weighted by Gasteiger charge is -2.22. The predicted molar refractivity (Wildman–Crippen MR) is 115 cm³/mol. The average molecular weight is 482 g/mol. The van der Waals surface area contributed by atoms with Crippen molar-refractivity contribution < 1.29 is 4.79 Å². The largest absolute Gasteiger partial charge is 0.372 e. The van der Waals surface area contributed by atoms with Crippen molar-refractivity contribution in [3.05, 3.63) is 44.8 Å². The van der Waals surface area contributed by atoms with Crippen molar-refractivity contribution in [2.24, 2.45) is 10.2 Å². The van der Waals surface area contributed by atoms with Crippen LogP contribution in [-0.2, 0) is 4.79 Å². The molecule has 2 rings (SSSR count). The Kier molecular flexibility index (Phi) is 7.34. The molecular formula is C19H22Br2N4O. The van der Waals surface area contributed by atoms with Crippen LogP contribution >= 0.6 is 31.9 Å². The van der Waals surface area contributed by atoms with Gasteiger partial charge in [0.25, 0.3) is 0 Å². The summed E-state index contributed by atoms with van der Waals surface area (Å²) in [7, 11) is 0. The molecule has 0 fully saturated rings.